The van der Waals surface area contributed by atoms with Crippen LogP contribution in [0.1, 0.15) is 10.6 Å². The number of benzene rings is 3. The summed E-state index contributed by atoms with van der Waals surface area (Å²) in [6, 6.07) is 10.4. The van der Waals surface area contributed by atoms with Crippen molar-refractivity contribution in [1.29, 1.82) is 0 Å². The fourth-order valence-electron chi connectivity index (χ4n) is 3.90. The lowest BCUT2D eigenvalue weighted by atomic mass is 10.2. The standard InChI is InChI=1S/C22H18N8O13S2/c1-42-17-8-15(29(32)33)19(44(36,37)38)10-13(17)27-21(22(31)25-23-12-6-4-3-5-7-12)24-26-28(27)14-11-20(45(39,40)41)16(30(34)35)9-18(14)43-2/h3-11H,1-2H3,(H3,26,31,36,37,38,39,40,41)/p+1. The maximum Gasteiger partial charge on any atom is 0.397 e. The number of tetrazole rings is 1. The Hall–Kier alpha value is -5.78. The SMILES string of the molecule is COc1cc([N+](=O)[O-])c(S(=O)(=O)O)cc1-n1nnc(C(=O)NNc2ccccc2)[n+]1-c1cc(S(=O)(=O)O)c([N+](=O)[O-])cc1OC. The van der Waals surface area contributed by atoms with E-state index in [9.17, 15) is 51.0 Å². The summed E-state index contributed by atoms with van der Waals surface area (Å²) in [5, 5.41) is 30.7. The molecule has 4 aromatic rings. The number of carbonyl (C=O) groups is 1. The number of nitro benzene ring substituents is 2. The van der Waals surface area contributed by atoms with Crippen molar-refractivity contribution in [3.8, 4) is 22.9 Å². The number of para-hydroxylation sites is 1. The van der Waals surface area contributed by atoms with Gasteiger partial charge in [0.25, 0.3) is 11.4 Å². The molecule has 1 aromatic heterocycles. The van der Waals surface area contributed by atoms with Gasteiger partial charge in [0.05, 0.1) is 41.9 Å². The lowest BCUT2D eigenvalue weighted by Gasteiger charge is -2.13. The van der Waals surface area contributed by atoms with Crippen molar-refractivity contribution in [2.24, 2.45) is 0 Å². The zero-order chi connectivity index (χ0) is 33.3. The van der Waals surface area contributed by atoms with Crippen LogP contribution >= 0.6 is 0 Å². The first-order valence-electron chi connectivity index (χ1n) is 11.8. The van der Waals surface area contributed by atoms with Crippen LogP contribution in [-0.2, 0) is 20.2 Å². The van der Waals surface area contributed by atoms with Gasteiger partial charge in [0.2, 0.25) is 0 Å². The number of ether oxygens (including phenoxy) is 2. The number of carbonyl (C=O) groups excluding carboxylic acids is 1. The molecular formula is C22H19N8O13S2+. The molecule has 4 rings (SSSR count). The number of anilines is 1. The van der Waals surface area contributed by atoms with Crippen LogP contribution < -0.4 is 25.0 Å². The first kappa shape index (κ1) is 32.1. The molecule has 0 fully saturated rings. The van der Waals surface area contributed by atoms with Crippen LogP contribution in [0.5, 0.6) is 11.5 Å². The number of methoxy groups -OCH3 is 2. The Kier molecular flexibility index (Phi) is 8.62. The van der Waals surface area contributed by atoms with Crippen molar-refractivity contribution in [3.63, 3.8) is 0 Å². The quantitative estimate of drug-likeness (QED) is 0.0738. The van der Waals surface area contributed by atoms with E-state index >= 15 is 0 Å². The number of rotatable bonds is 11. The van der Waals surface area contributed by atoms with Gasteiger partial charge in [-0.05, 0) is 16.9 Å². The second-order valence-electron chi connectivity index (χ2n) is 8.51. The number of nitro groups is 2. The molecule has 0 radical (unpaired) electrons. The predicted molar refractivity (Wildman–Crippen MR) is 146 cm³/mol. The van der Waals surface area contributed by atoms with E-state index in [1.807, 2.05) is 0 Å². The topological polar surface area (TPSA) is 289 Å². The highest BCUT2D eigenvalue weighted by Gasteiger charge is 2.38. The lowest BCUT2D eigenvalue weighted by Crippen LogP contribution is -2.48. The molecule has 0 aliphatic heterocycles. The van der Waals surface area contributed by atoms with E-state index in [0.717, 1.165) is 14.2 Å². The van der Waals surface area contributed by atoms with Gasteiger partial charge in [-0.25, -0.2) is 0 Å². The summed E-state index contributed by atoms with van der Waals surface area (Å²) in [6.45, 7) is 0. The van der Waals surface area contributed by atoms with E-state index < -0.39 is 85.9 Å². The van der Waals surface area contributed by atoms with Crippen LogP contribution in [0.25, 0.3) is 11.4 Å². The van der Waals surface area contributed by atoms with Crippen molar-refractivity contribution >= 4 is 43.2 Å². The smallest absolute Gasteiger partial charge is 0.397 e. The third-order valence-corrected chi connectivity index (χ3v) is 7.59. The van der Waals surface area contributed by atoms with E-state index in [-0.39, 0.29) is 0 Å². The van der Waals surface area contributed by atoms with Gasteiger partial charge in [0, 0.05) is 12.1 Å². The van der Waals surface area contributed by atoms with Crippen LogP contribution in [0.4, 0.5) is 17.1 Å². The molecule has 1 amide bonds. The van der Waals surface area contributed by atoms with Gasteiger partial charge in [-0.3, -0.25) is 45.0 Å². The summed E-state index contributed by atoms with van der Waals surface area (Å²) in [4.78, 5) is 32.4. The highest BCUT2D eigenvalue weighted by Crippen LogP contribution is 2.35. The number of nitrogens with zero attached hydrogens (tertiary/aromatic N) is 6. The highest BCUT2D eigenvalue weighted by atomic mass is 32.2. The Morgan fingerprint density at radius 1 is 0.889 bits per heavy atom. The summed E-state index contributed by atoms with van der Waals surface area (Å²) in [5.74, 6) is -2.78. The van der Waals surface area contributed by atoms with E-state index in [4.69, 9.17) is 9.47 Å². The third kappa shape index (κ3) is 6.44. The summed E-state index contributed by atoms with van der Waals surface area (Å²) in [6.07, 6.45) is 0. The molecule has 3 aromatic carbocycles. The van der Waals surface area contributed by atoms with Gasteiger partial charge in [-0.2, -0.15) is 16.8 Å². The summed E-state index contributed by atoms with van der Waals surface area (Å²) in [7, 11) is -8.55. The van der Waals surface area contributed by atoms with E-state index in [1.54, 1.807) is 30.3 Å². The van der Waals surface area contributed by atoms with Crippen molar-refractivity contribution in [2.75, 3.05) is 19.6 Å². The number of hydrazine groups is 1. The molecule has 4 N–H and O–H groups in total. The summed E-state index contributed by atoms with van der Waals surface area (Å²) < 4.78 is 79.0. The molecule has 0 aliphatic rings. The van der Waals surface area contributed by atoms with Gasteiger partial charge in [-0.15, -0.1) is 4.68 Å². The van der Waals surface area contributed by atoms with Crippen molar-refractivity contribution < 1.29 is 54.7 Å². The zero-order valence-corrected chi connectivity index (χ0v) is 24.2. The van der Waals surface area contributed by atoms with Gasteiger partial charge >= 0.3 is 32.0 Å². The molecule has 0 saturated heterocycles. The van der Waals surface area contributed by atoms with Gasteiger partial charge in [0.1, 0.15) is 5.10 Å². The van der Waals surface area contributed by atoms with Crippen molar-refractivity contribution in [3.05, 3.63) is 80.7 Å². The predicted octanol–water partition coefficient (Wildman–Crippen LogP) is 0.628. The molecule has 0 atom stereocenters. The zero-order valence-electron chi connectivity index (χ0n) is 22.6. The molecule has 1 heterocycles. The summed E-state index contributed by atoms with van der Waals surface area (Å²) >= 11 is 0. The molecule has 0 unspecified atom stereocenters. The minimum atomic E-state index is -5.31. The minimum absolute atomic E-state index is 0.390. The first-order chi connectivity index (χ1) is 21.1. The molecule has 0 aliphatic carbocycles. The molecule has 0 saturated carbocycles. The van der Waals surface area contributed by atoms with Crippen LogP contribution in [-0.4, -0.2) is 71.0 Å². The van der Waals surface area contributed by atoms with E-state index in [1.165, 1.54) is 0 Å². The Morgan fingerprint density at radius 3 is 1.93 bits per heavy atom. The second kappa shape index (κ2) is 12.1. The monoisotopic (exact) mass is 667 g/mol. The van der Waals surface area contributed by atoms with Gasteiger partial charge in [-0.1, -0.05) is 18.2 Å². The molecule has 21 nitrogen and oxygen atoms in total. The van der Waals surface area contributed by atoms with Crippen molar-refractivity contribution in [2.45, 2.75) is 9.79 Å². The first-order valence-corrected chi connectivity index (χ1v) is 14.6. The average molecular weight is 668 g/mol. The van der Waals surface area contributed by atoms with Gasteiger partial charge < -0.3 is 9.47 Å². The van der Waals surface area contributed by atoms with Gasteiger partial charge in [0.15, 0.2) is 37.9 Å². The largest absolute Gasteiger partial charge is 0.494 e. The Bertz CT molecular complexity index is 2070. The summed E-state index contributed by atoms with van der Waals surface area (Å²) in [5.41, 5.74) is 1.92. The average Bonchev–Trinajstić information content (AvgIpc) is 3.42. The lowest BCUT2D eigenvalue weighted by molar-refractivity contribution is -0.682. The Morgan fingerprint density at radius 2 is 1.42 bits per heavy atom. The van der Waals surface area contributed by atoms with Crippen LogP contribution in [0.2, 0.25) is 0 Å². The number of hydrogen-bond acceptors (Lipinski definition) is 14. The highest BCUT2D eigenvalue weighted by molar-refractivity contribution is 7.86. The number of hydrogen-bond donors (Lipinski definition) is 4. The fraction of sp³-hybridized carbons (Fsp3) is 0.0909. The van der Waals surface area contributed by atoms with Crippen molar-refractivity contribution in [1.82, 2.24) is 20.5 Å². The molecule has 45 heavy (non-hydrogen) atoms. The maximum atomic E-state index is 13.4. The van der Waals surface area contributed by atoms with E-state index in [2.05, 4.69) is 21.2 Å². The maximum absolute atomic E-state index is 13.4. The number of aromatic nitrogens is 4. The normalized spacial score (nSPS) is 11.5. The second-order valence-corrected chi connectivity index (χ2v) is 11.3. The fourth-order valence-corrected chi connectivity index (χ4v) is 5.22. The van der Waals surface area contributed by atoms with Crippen LogP contribution in [0.15, 0.2) is 64.4 Å². The number of nitrogens with one attached hydrogen (secondary N) is 2. The van der Waals surface area contributed by atoms with E-state index in [0.29, 0.717) is 39.4 Å². The molecule has 0 spiro atoms. The third-order valence-electron chi connectivity index (χ3n) is 5.83. The number of amides is 1. The Balaban J connectivity index is 2.10. The molecule has 0 bridgehead atoms. The van der Waals surface area contributed by atoms with Crippen LogP contribution in [0, 0.1) is 20.2 Å². The van der Waals surface area contributed by atoms with Crippen LogP contribution in [0.3, 0.4) is 0 Å². The Labute approximate surface area is 251 Å². The minimum Gasteiger partial charge on any atom is -0.494 e. The molecule has 236 valence electrons. The molecule has 23 heteroatoms. The molecular weight excluding hydrogens is 648 g/mol.